The van der Waals surface area contributed by atoms with E-state index in [1.807, 2.05) is 19.1 Å². The third-order valence-corrected chi connectivity index (χ3v) is 4.53. The number of benzene rings is 1. The van der Waals surface area contributed by atoms with E-state index in [0.717, 1.165) is 18.5 Å². The van der Waals surface area contributed by atoms with Gasteiger partial charge in [-0.15, -0.1) is 0 Å². The molecule has 1 unspecified atom stereocenters. The monoisotopic (exact) mass is 355 g/mol. The van der Waals surface area contributed by atoms with Crippen LogP contribution in [-0.2, 0) is 16.0 Å². The summed E-state index contributed by atoms with van der Waals surface area (Å²) in [5, 5.41) is 2.83. The summed E-state index contributed by atoms with van der Waals surface area (Å²) < 4.78 is 13.3. The predicted octanol–water partition coefficient (Wildman–Crippen LogP) is 2.95. The van der Waals surface area contributed by atoms with E-state index in [-0.39, 0.29) is 30.0 Å². The van der Waals surface area contributed by atoms with Crippen LogP contribution in [0.15, 0.2) is 42.5 Å². The van der Waals surface area contributed by atoms with Gasteiger partial charge in [0, 0.05) is 18.8 Å². The van der Waals surface area contributed by atoms with Crippen LogP contribution in [0.3, 0.4) is 0 Å². The molecule has 136 valence electrons. The molecule has 1 atom stereocenters. The van der Waals surface area contributed by atoms with Crippen molar-refractivity contribution < 1.29 is 14.0 Å². The highest BCUT2D eigenvalue weighted by Gasteiger charge is 2.28. The second kappa shape index (κ2) is 8.08. The Morgan fingerprint density at radius 2 is 2.08 bits per heavy atom. The van der Waals surface area contributed by atoms with Crippen molar-refractivity contribution in [3.8, 4) is 0 Å². The molecular formula is C20H22FN3O2. The van der Waals surface area contributed by atoms with Gasteiger partial charge in [-0.1, -0.05) is 18.2 Å². The topological polar surface area (TPSA) is 62.3 Å². The van der Waals surface area contributed by atoms with E-state index in [0.29, 0.717) is 24.5 Å². The number of hydrogen-bond acceptors (Lipinski definition) is 3. The number of halogens is 1. The van der Waals surface area contributed by atoms with Gasteiger partial charge in [-0.3, -0.25) is 9.59 Å². The lowest BCUT2D eigenvalue weighted by atomic mass is 9.96. The zero-order valence-corrected chi connectivity index (χ0v) is 14.7. The first-order chi connectivity index (χ1) is 12.5. The van der Waals surface area contributed by atoms with Gasteiger partial charge in [0.25, 0.3) is 0 Å². The van der Waals surface area contributed by atoms with Crippen LogP contribution >= 0.6 is 0 Å². The number of carbonyl (C=O) groups excluding carboxylic acids is 2. The van der Waals surface area contributed by atoms with Gasteiger partial charge in [-0.05, 0) is 49.6 Å². The van der Waals surface area contributed by atoms with E-state index in [9.17, 15) is 14.0 Å². The highest BCUT2D eigenvalue weighted by molar-refractivity contribution is 5.92. The molecule has 26 heavy (non-hydrogen) atoms. The van der Waals surface area contributed by atoms with Gasteiger partial charge in [0.15, 0.2) is 0 Å². The third kappa shape index (κ3) is 4.65. The molecule has 0 aliphatic carbocycles. The summed E-state index contributed by atoms with van der Waals surface area (Å²) in [6.07, 6.45) is 1.65. The molecule has 0 radical (unpaired) electrons. The summed E-state index contributed by atoms with van der Waals surface area (Å²) in [5.41, 5.74) is 1.48. The number of amides is 2. The van der Waals surface area contributed by atoms with Crippen LogP contribution in [0, 0.1) is 18.7 Å². The molecule has 1 saturated heterocycles. The van der Waals surface area contributed by atoms with Gasteiger partial charge in [-0.2, -0.15) is 0 Å². The average molecular weight is 355 g/mol. The van der Waals surface area contributed by atoms with Crippen LogP contribution in [0.25, 0.3) is 0 Å². The second-order valence-electron chi connectivity index (χ2n) is 6.64. The fraction of sp³-hybridized carbons (Fsp3) is 0.350. The number of nitrogens with one attached hydrogen (secondary N) is 1. The Kier molecular flexibility index (Phi) is 5.61. The molecule has 1 aliphatic rings. The molecule has 2 amide bonds. The van der Waals surface area contributed by atoms with Crippen LogP contribution in [0.4, 0.5) is 10.2 Å². The summed E-state index contributed by atoms with van der Waals surface area (Å²) in [4.78, 5) is 31.0. The quantitative estimate of drug-likeness (QED) is 0.917. The molecule has 6 heteroatoms. The molecule has 5 nitrogen and oxygen atoms in total. The van der Waals surface area contributed by atoms with Gasteiger partial charge in [0.2, 0.25) is 11.8 Å². The maximum absolute atomic E-state index is 13.3. The van der Waals surface area contributed by atoms with Crippen LogP contribution in [0.2, 0.25) is 0 Å². The standard InChI is InChI=1S/C20H22FN3O2/c1-14-5-2-9-18(22-14)23-20(26)16-7-4-10-24(13-16)19(25)12-15-6-3-8-17(21)11-15/h2-3,5-6,8-9,11,16H,4,7,10,12-13H2,1H3,(H,22,23,26). The Morgan fingerprint density at radius 1 is 1.27 bits per heavy atom. The maximum atomic E-state index is 13.3. The van der Waals surface area contributed by atoms with Crippen molar-refractivity contribution in [3.05, 3.63) is 59.5 Å². The lowest BCUT2D eigenvalue weighted by Crippen LogP contribution is -2.44. The van der Waals surface area contributed by atoms with Crippen molar-refractivity contribution in [2.75, 3.05) is 18.4 Å². The fourth-order valence-corrected chi connectivity index (χ4v) is 3.19. The van der Waals surface area contributed by atoms with Crippen LogP contribution in [0.5, 0.6) is 0 Å². The van der Waals surface area contributed by atoms with Gasteiger partial charge in [0.1, 0.15) is 11.6 Å². The Labute approximate surface area is 152 Å². The molecule has 1 aliphatic heterocycles. The normalized spacial score (nSPS) is 17.0. The molecule has 1 N–H and O–H groups in total. The van der Waals surface area contributed by atoms with E-state index in [2.05, 4.69) is 10.3 Å². The summed E-state index contributed by atoms with van der Waals surface area (Å²) in [5.74, 6) is -0.286. The van der Waals surface area contributed by atoms with Crippen molar-refractivity contribution in [1.29, 1.82) is 0 Å². The molecule has 2 aromatic rings. The molecule has 1 fully saturated rings. The Balaban J connectivity index is 1.59. The minimum atomic E-state index is -0.350. The minimum absolute atomic E-state index is 0.0817. The summed E-state index contributed by atoms with van der Waals surface area (Å²) >= 11 is 0. The zero-order valence-electron chi connectivity index (χ0n) is 14.7. The fourth-order valence-electron chi connectivity index (χ4n) is 3.19. The highest BCUT2D eigenvalue weighted by atomic mass is 19.1. The van der Waals surface area contributed by atoms with E-state index < -0.39 is 0 Å². The van der Waals surface area contributed by atoms with Gasteiger partial charge in [0.05, 0.1) is 12.3 Å². The number of rotatable bonds is 4. The number of pyridine rings is 1. The minimum Gasteiger partial charge on any atom is -0.342 e. The van der Waals surface area contributed by atoms with Gasteiger partial charge >= 0.3 is 0 Å². The van der Waals surface area contributed by atoms with E-state index in [1.54, 1.807) is 23.1 Å². The third-order valence-electron chi connectivity index (χ3n) is 4.53. The maximum Gasteiger partial charge on any atom is 0.230 e. The summed E-state index contributed by atoms with van der Waals surface area (Å²) in [6.45, 7) is 2.87. The summed E-state index contributed by atoms with van der Waals surface area (Å²) in [7, 11) is 0. The predicted molar refractivity (Wildman–Crippen MR) is 97.0 cm³/mol. The van der Waals surface area contributed by atoms with Crippen molar-refractivity contribution in [2.24, 2.45) is 5.92 Å². The van der Waals surface area contributed by atoms with Crippen LogP contribution < -0.4 is 5.32 Å². The molecule has 1 aromatic heterocycles. The Bertz CT molecular complexity index is 744. The van der Waals surface area contributed by atoms with Crippen molar-refractivity contribution in [3.63, 3.8) is 0 Å². The molecular weight excluding hydrogens is 333 g/mol. The molecule has 0 bridgehead atoms. The number of aromatic nitrogens is 1. The highest BCUT2D eigenvalue weighted by Crippen LogP contribution is 2.19. The lowest BCUT2D eigenvalue weighted by Gasteiger charge is -2.32. The summed E-state index contributed by atoms with van der Waals surface area (Å²) in [6, 6.07) is 11.5. The lowest BCUT2D eigenvalue weighted by molar-refractivity contribution is -0.133. The average Bonchev–Trinajstić information content (AvgIpc) is 2.62. The first kappa shape index (κ1) is 18.0. The smallest absolute Gasteiger partial charge is 0.230 e. The molecule has 3 rings (SSSR count). The van der Waals surface area contributed by atoms with Crippen molar-refractivity contribution >= 4 is 17.6 Å². The second-order valence-corrected chi connectivity index (χ2v) is 6.64. The Morgan fingerprint density at radius 3 is 2.85 bits per heavy atom. The van der Waals surface area contributed by atoms with Crippen LogP contribution in [0.1, 0.15) is 24.1 Å². The van der Waals surface area contributed by atoms with Crippen LogP contribution in [-0.4, -0.2) is 34.8 Å². The van der Waals surface area contributed by atoms with E-state index >= 15 is 0 Å². The SMILES string of the molecule is Cc1cccc(NC(=O)C2CCCN(C(=O)Cc3cccc(F)c3)C2)n1. The molecule has 0 saturated carbocycles. The number of likely N-dealkylation sites (tertiary alicyclic amines) is 1. The first-order valence-corrected chi connectivity index (χ1v) is 8.78. The number of piperidine rings is 1. The number of carbonyl (C=O) groups is 2. The molecule has 0 spiro atoms. The van der Waals surface area contributed by atoms with Gasteiger partial charge in [-0.25, -0.2) is 9.37 Å². The first-order valence-electron chi connectivity index (χ1n) is 8.78. The van der Waals surface area contributed by atoms with E-state index in [1.165, 1.54) is 12.1 Å². The number of aryl methyl sites for hydroxylation is 1. The number of hydrogen-bond donors (Lipinski definition) is 1. The largest absolute Gasteiger partial charge is 0.342 e. The zero-order chi connectivity index (χ0) is 18.5. The van der Waals surface area contributed by atoms with Crippen molar-refractivity contribution in [2.45, 2.75) is 26.2 Å². The number of nitrogens with zero attached hydrogens (tertiary/aromatic N) is 2. The van der Waals surface area contributed by atoms with Crippen molar-refractivity contribution in [1.82, 2.24) is 9.88 Å². The number of anilines is 1. The molecule has 1 aromatic carbocycles. The van der Waals surface area contributed by atoms with E-state index in [4.69, 9.17) is 0 Å². The van der Waals surface area contributed by atoms with Gasteiger partial charge < -0.3 is 10.2 Å². The Hall–Kier alpha value is -2.76. The molecule has 2 heterocycles.